The summed E-state index contributed by atoms with van der Waals surface area (Å²) in [5, 5.41) is 3.98. The lowest BCUT2D eigenvalue weighted by Crippen LogP contribution is -2.55. The largest absolute Gasteiger partial charge is 0.346 e. The van der Waals surface area contributed by atoms with E-state index in [2.05, 4.69) is 5.32 Å². The summed E-state index contributed by atoms with van der Waals surface area (Å²) in [4.78, 5) is 12.4. The van der Waals surface area contributed by atoms with Crippen LogP contribution in [-0.2, 0) is 6.42 Å². The van der Waals surface area contributed by atoms with Crippen molar-refractivity contribution in [3.8, 4) is 0 Å². The summed E-state index contributed by atoms with van der Waals surface area (Å²) < 4.78 is 0. The predicted octanol–water partition coefficient (Wildman–Crippen LogP) is 4.24. The highest BCUT2D eigenvalue weighted by Gasteiger charge is 2.38. The number of amides is 1. The zero-order valence-electron chi connectivity index (χ0n) is 11.8. The molecule has 0 unspecified atom stereocenters. The first-order valence-electron chi connectivity index (χ1n) is 7.29. The van der Waals surface area contributed by atoms with Crippen LogP contribution in [0.15, 0.2) is 54.6 Å². The Kier molecular flexibility index (Phi) is 3.98. The number of carbonyl (C=O) groups is 1. The highest BCUT2D eigenvalue weighted by atomic mass is 35.5. The quantitative estimate of drug-likeness (QED) is 0.899. The Labute approximate surface area is 130 Å². The molecule has 1 N–H and O–H groups in total. The van der Waals surface area contributed by atoms with Crippen LogP contribution < -0.4 is 5.32 Å². The third-order valence-corrected chi connectivity index (χ3v) is 4.43. The van der Waals surface area contributed by atoms with Crippen LogP contribution in [0.3, 0.4) is 0 Å². The topological polar surface area (TPSA) is 29.1 Å². The van der Waals surface area contributed by atoms with E-state index in [0.29, 0.717) is 0 Å². The van der Waals surface area contributed by atoms with Gasteiger partial charge in [0.25, 0.3) is 5.91 Å². The van der Waals surface area contributed by atoms with Crippen LogP contribution in [0.5, 0.6) is 0 Å². The van der Waals surface area contributed by atoms with Crippen LogP contribution in [0, 0.1) is 0 Å². The Morgan fingerprint density at radius 3 is 2.29 bits per heavy atom. The van der Waals surface area contributed by atoms with Crippen molar-refractivity contribution in [2.45, 2.75) is 31.2 Å². The van der Waals surface area contributed by atoms with E-state index in [1.165, 1.54) is 12.0 Å². The third-order valence-electron chi connectivity index (χ3n) is 4.18. The maximum Gasteiger partial charge on any atom is 0.251 e. The van der Waals surface area contributed by atoms with Crippen molar-refractivity contribution in [2.24, 2.45) is 0 Å². The number of hydrogen-bond acceptors (Lipinski definition) is 1. The zero-order chi connectivity index (χ0) is 14.7. The fraction of sp³-hybridized carbons (Fsp3) is 0.278. The van der Waals surface area contributed by atoms with Gasteiger partial charge in [0.2, 0.25) is 0 Å². The molecule has 3 rings (SSSR count). The number of hydrogen-bond donors (Lipinski definition) is 1. The minimum absolute atomic E-state index is 0.0178. The third kappa shape index (κ3) is 3.27. The molecule has 0 spiro atoms. The Bertz CT molecular complexity index is 617. The van der Waals surface area contributed by atoms with E-state index in [-0.39, 0.29) is 11.4 Å². The molecule has 1 amide bonds. The summed E-state index contributed by atoms with van der Waals surface area (Å²) in [5.41, 5.74) is 1.84. The van der Waals surface area contributed by atoms with Crippen molar-refractivity contribution < 1.29 is 4.79 Å². The molecule has 0 saturated heterocycles. The van der Waals surface area contributed by atoms with Crippen molar-refractivity contribution in [1.29, 1.82) is 0 Å². The fourth-order valence-electron chi connectivity index (χ4n) is 2.85. The normalized spacial score (nSPS) is 16.0. The van der Waals surface area contributed by atoms with E-state index in [4.69, 9.17) is 11.6 Å². The van der Waals surface area contributed by atoms with Gasteiger partial charge >= 0.3 is 0 Å². The number of nitrogens with one attached hydrogen (secondary N) is 1. The second-order valence-electron chi connectivity index (χ2n) is 5.76. The standard InChI is InChI=1S/C18H18ClNO/c19-16-9-7-14(8-10-16)13-18(11-4-12-18)20-17(21)15-5-2-1-3-6-15/h1-3,5-10H,4,11-13H2,(H,20,21). The summed E-state index contributed by atoms with van der Waals surface area (Å²) in [5.74, 6) is 0.0178. The number of benzene rings is 2. The van der Waals surface area contributed by atoms with Gasteiger partial charge in [-0.2, -0.15) is 0 Å². The van der Waals surface area contributed by atoms with E-state index >= 15 is 0 Å². The summed E-state index contributed by atoms with van der Waals surface area (Å²) >= 11 is 5.93. The van der Waals surface area contributed by atoms with E-state index in [0.717, 1.165) is 29.8 Å². The Morgan fingerprint density at radius 1 is 1.05 bits per heavy atom. The molecule has 0 heterocycles. The number of carbonyl (C=O) groups excluding carboxylic acids is 1. The lowest BCUT2D eigenvalue weighted by molar-refractivity contribution is 0.0827. The molecule has 0 atom stereocenters. The molecule has 1 aliphatic rings. The molecule has 2 nitrogen and oxygen atoms in total. The molecule has 1 saturated carbocycles. The van der Waals surface area contributed by atoms with Crippen LogP contribution in [-0.4, -0.2) is 11.4 Å². The van der Waals surface area contributed by atoms with Crippen molar-refractivity contribution in [1.82, 2.24) is 5.32 Å². The molecule has 21 heavy (non-hydrogen) atoms. The van der Waals surface area contributed by atoms with Gasteiger partial charge in [0.05, 0.1) is 0 Å². The molecular weight excluding hydrogens is 282 g/mol. The number of rotatable bonds is 4. The Morgan fingerprint density at radius 2 is 1.71 bits per heavy atom. The molecular formula is C18H18ClNO. The van der Waals surface area contributed by atoms with Crippen LogP contribution in [0.4, 0.5) is 0 Å². The molecule has 2 aromatic rings. The predicted molar refractivity (Wildman–Crippen MR) is 85.6 cm³/mol. The molecule has 0 aliphatic heterocycles. The minimum Gasteiger partial charge on any atom is -0.346 e. The van der Waals surface area contributed by atoms with Gasteiger partial charge in [-0.1, -0.05) is 41.9 Å². The van der Waals surface area contributed by atoms with Crippen LogP contribution in [0.2, 0.25) is 5.02 Å². The van der Waals surface area contributed by atoms with Crippen molar-refractivity contribution in [2.75, 3.05) is 0 Å². The fourth-order valence-corrected chi connectivity index (χ4v) is 2.97. The first-order chi connectivity index (χ1) is 10.2. The zero-order valence-corrected chi connectivity index (χ0v) is 12.6. The van der Waals surface area contributed by atoms with Gasteiger partial charge < -0.3 is 5.32 Å². The van der Waals surface area contributed by atoms with Crippen LogP contribution >= 0.6 is 11.6 Å². The lowest BCUT2D eigenvalue weighted by atomic mass is 9.72. The van der Waals surface area contributed by atoms with Crippen LogP contribution in [0.1, 0.15) is 35.2 Å². The molecule has 0 radical (unpaired) electrons. The molecule has 3 heteroatoms. The van der Waals surface area contributed by atoms with Crippen molar-refractivity contribution >= 4 is 17.5 Å². The maximum atomic E-state index is 12.4. The van der Waals surface area contributed by atoms with Gasteiger partial charge in [0.1, 0.15) is 0 Å². The highest BCUT2D eigenvalue weighted by Crippen LogP contribution is 2.35. The second kappa shape index (κ2) is 5.90. The van der Waals surface area contributed by atoms with Crippen LogP contribution in [0.25, 0.3) is 0 Å². The van der Waals surface area contributed by atoms with E-state index in [9.17, 15) is 4.79 Å². The molecule has 108 valence electrons. The second-order valence-corrected chi connectivity index (χ2v) is 6.19. The summed E-state index contributed by atoms with van der Waals surface area (Å²) in [7, 11) is 0. The van der Waals surface area contributed by atoms with Gasteiger partial charge in [-0.05, 0) is 55.5 Å². The van der Waals surface area contributed by atoms with Gasteiger partial charge in [-0.15, -0.1) is 0 Å². The minimum atomic E-state index is -0.0965. The molecule has 0 bridgehead atoms. The lowest BCUT2D eigenvalue weighted by Gasteiger charge is -2.43. The van der Waals surface area contributed by atoms with E-state index < -0.39 is 0 Å². The van der Waals surface area contributed by atoms with Gasteiger partial charge in [0.15, 0.2) is 0 Å². The smallest absolute Gasteiger partial charge is 0.251 e. The first-order valence-corrected chi connectivity index (χ1v) is 7.67. The molecule has 1 fully saturated rings. The van der Waals surface area contributed by atoms with Crippen molar-refractivity contribution in [3.05, 3.63) is 70.7 Å². The van der Waals surface area contributed by atoms with E-state index in [1.54, 1.807) is 0 Å². The monoisotopic (exact) mass is 299 g/mol. The summed E-state index contributed by atoms with van der Waals surface area (Å²) in [6.45, 7) is 0. The van der Waals surface area contributed by atoms with Gasteiger partial charge in [0, 0.05) is 16.1 Å². The molecule has 0 aromatic heterocycles. The SMILES string of the molecule is O=C(NC1(Cc2ccc(Cl)cc2)CCC1)c1ccccc1. The van der Waals surface area contributed by atoms with Gasteiger partial charge in [-0.25, -0.2) is 0 Å². The number of halogens is 1. The van der Waals surface area contributed by atoms with Gasteiger partial charge in [-0.3, -0.25) is 4.79 Å². The average Bonchev–Trinajstić information content (AvgIpc) is 2.48. The Balaban J connectivity index is 1.72. The highest BCUT2D eigenvalue weighted by molar-refractivity contribution is 6.30. The van der Waals surface area contributed by atoms with Crippen molar-refractivity contribution in [3.63, 3.8) is 0 Å². The summed E-state index contributed by atoms with van der Waals surface area (Å²) in [6, 6.07) is 17.3. The first kappa shape index (κ1) is 14.2. The average molecular weight is 300 g/mol. The summed E-state index contributed by atoms with van der Waals surface area (Å²) in [6.07, 6.45) is 4.10. The maximum absolute atomic E-state index is 12.4. The Hall–Kier alpha value is -1.80. The molecule has 2 aromatic carbocycles. The van der Waals surface area contributed by atoms with E-state index in [1.807, 2.05) is 54.6 Å². The molecule has 1 aliphatic carbocycles.